The summed E-state index contributed by atoms with van der Waals surface area (Å²) >= 11 is 1.48. The van der Waals surface area contributed by atoms with Gasteiger partial charge in [-0.25, -0.2) is 30.7 Å². The maximum atomic E-state index is 13.3. The summed E-state index contributed by atoms with van der Waals surface area (Å²) < 4.78 is 90.9. The fourth-order valence-electron chi connectivity index (χ4n) is 1.52. The standard InChI is InChI=1S/C10F7.Al/c11-3-1-2-4(7(14)6(3)13)8(15)10(17)9(16)5(2)12;. The number of hydrogen-bond donors (Lipinski definition) is 0. The Bertz CT molecular complexity index is 567. The lowest BCUT2D eigenvalue weighted by Crippen LogP contribution is -2.18. The van der Waals surface area contributed by atoms with E-state index in [9.17, 15) is 30.7 Å². The average Bonchev–Trinajstić information content (AvgIpc) is 2.35. The van der Waals surface area contributed by atoms with Gasteiger partial charge in [-0.05, 0) is 0 Å². The molecule has 0 aliphatic heterocycles. The van der Waals surface area contributed by atoms with Crippen LogP contribution in [0.4, 0.5) is 30.7 Å². The largest absolute Gasteiger partial charge is 0.205 e. The van der Waals surface area contributed by atoms with Crippen LogP contribution in [0.2, 0.25) is 0 Å². The molecule has 0 aliphatic rings. The molecule has 0 N–H and O–H groups in total. The molecule has 2 aromatic carbocycles. The number of benzene rings is 2. The minimum atomic E-state index is -2.30. The van der Waals surface area contributed by atoms with Crippen LogP contribution in [-0.4, -0.2) is 16.3 Å². The van der Waals surface area contributed by atoms with E-state index in [-0.39, 0.29) is 0 Å². The van der Waals surface area contributed by atoms with Gasteiger partial charge in [0.15, 0.2) is 51.2 Å². The first-order valence-electron chi connectivity index (χ1n) is 4.36. The molecule has 2 rings (SSSR count). The second kappa shape index (κ2) is 4.14. The van der Waals surface area contributed by atoms with Crippen LogP contribution in [0, 0.1) is 40.7 Å². The molecule has 18 heavy (non-hydrogen) atoms. The van der Waals surface area contributed by atoms with Gasteiger partial charge in [-0.3, -0.25) is 0 Å². The zero-order chi connectivity index (χ0) is 13.8. The highest BCUT2D eigenvalue weighted by molar-refractivity contribution is 6.39. The van der Waals surface area contributed by atoms with Crippen molar-refractivity contribution >= 4 is 31.5 Å². The first kappa shape index (κ1) is 13.2. The van der Waals surface area contributed by atoms with Gasteiger partial charge in [0.2, 0.25) is 0 Å². The molecule has 92 valence electrons. The van der Waals surface area contributed by atoms with E-state index >= 15 is 0 Å². The van der Waals surface area contributed by atoms with Gasteiger partial charge in [0.1, 0.15) is 5.82 Å². The molecule has 0 spiro atoms. The number of halogens is 7. The fraction of sp³-hybridized carbons (Fsp3) is 0. The summed E-state index contributed by atoms with van der Waals surface area (Å²) in [4.78, 5) is 0. The van der Waals surface area contributed by atoms with Crippen molar-refractivity contribution in [2.75, 3.05) is 0 Å². The molecule has 0 unspecified atom stereocenters. The van der Waals surface area contributed by atoms with Gasteiger partial charge in [-0.1, -0.05) is 4.43 Å². The van der Waals surface area contributed by atoms with E-state index in [1.807, 2.05) is 0 Å². The molecule has 0 amide bonds. The lowest BCUT2D eigenvalue weighted by molar-refractivity contribution is 0.411. The van der Waals surface area contributed by atoms with Gasteiger partial charge in [-0.15, -0.1) is 0 Å². The van der Waals surface area contributed by atoms with E-state index in [4.69, 9.17) is 0 Å². The maximum Gasteiger partial charge on any atom is 0.198 e. The molecule has 0 atom stereocenters. The third-order valence-electron chi connectivity index (χ3n) is 2.38. The average molecular weight is 280 g/mol. The van der Waals surface area contributed by atoms with E-state index in [0.717, 1.165) is 0 Å². The smallest absolute Gasteiger partial charge is 0.198 e. The van der Waals surface area contributed by atoms with Crippen LogP contribution in [0.15, 0.2) is 0 Å². The molecule has 0 saturated heterocycles. The number of rotatable bonds is 0. The molecule has 0 heterocycles. The van der Waals surface area contributed by atoms with Crippen molar-refractivity contribution in [2.45, 2.75) is 0 Å². The zero-order valence-corrected chi connectivity index (χ0v) is 9.38. The molecular formula is C10AlF7. The molecule has 0 bridgehead atoms. The van der Waals surface area contributed by atoms with Crippen molar-refractivity contribution in [3.8, 4) is 0 Å². The van der Waals surface area contributed by atoms with Crippen molar-refractivity contribution < 1.29 is 30.7 Å². The summed E-state index contributed by atoms with van der Waals surface area (Å²) in [5.74, 6) is -14.7. The summed E-state index contributed by atoms with van der Waals surface area (Å²) in [5.41, 5.74) is 0. The van der Waals surface area contributed by atoms with Crippen LogP contribution < -0.4 is 4.43 Å². The van der Waals surface area contributed by atoms with Gasteiger partial charge < -0.3 is 0 Å². The van der Waals surface area contributed by atoms with E-state index in [2.05, 4.69) is 0 Å². The van der Waals surface area contributed by atoms with Crippen LogP contribution in [0.1, 0.15) is 0 Å². The van der Waals surface area contributed by atoms with E-state index in [0.29, 0.717) is 0 Å². The molecule has 0 aromatic heterocycles. The Kier molecular flexibility index (Phi) is 3.03. The summed E-state index contributed by atoms with van der Waals surface area (Å²) in [6.45, 7) is 0. The monoisotopic (exact) mass is 280 g/mol. The van der Waals surface area contributed by atoms with Crippen LogP contribution in [0.3, 0.4) is 0 Å². The molecule has 0 nitrogen and oxygen atoms in total. The van der Waals surface area contributed by atoms with Gasteiger partial charge >= 0.3 is 0 Å². The highest BCUT2D eigenvalue weighted by Crippen LogP contribution is 2.29. The SMILES string of the molecule is Fc1c(F)c(F)c2[c]([Al])c(F)c(F)c(F)c2c1F. The predicted molar refractivity (Wildman–Crippen MR) is 49.0 cm³/mol. The topological polar surface area (TPSA) is 0 Å². The summed E-state index contributed by atoms with van der Waals surface area (Å²) in [6.07, 6.45) is 0. The normalized spacial score (nSPS) is 11.3. The lowest BCUT2D eigenvalue weighted by atomic mass is 10.1. The van der Waals surface area contributed by atoms with E-state index in [1.165, 1.54) is 16.3 Å². The maximum absolute atomic E-state index is 13.3. The molecule has 0 saturated carbocycles. The lowest BCUT2D eigenvalue weighted by Gasteiger charge is -2.11. The van der Waals surface area contributed by atoms with Crippen molar-refractivity contribution in [3.05, 3.63) is 40.7 Å². The Hall–Kier alpha value is -1.26. The van der Waals surface area contributed by atoms with Crippen LogP contribution >= 0.6 is 0 Å². The fourth-order valence-corrected chi connectivity index (χ4v) is 1.92. The Morgan fingerprint density at radius 2 is 0.778 bits per heavy atom. The first-order valence-corrected chi connectivity index (χ1v) is 4.94. The third kappa shape index (κ3) is 1.52. The molecule has 0 fully saturated rings. The minimum absolute atomic E-state index is 0.931. The predicted octanol–water partition coefficient (Wildman–Crippen LogP) is 2.61. The Morgan fingerprint density at radius 1 is 0.444 bits per heavy atom. The van der Waals surface area contributed by atoms with Gasteiger partial charge in [0.25, 0.3) is 0 Å². The second-order valence-corrected chi connectivity index (χ2v) is 3.94. The number of fused-ring (bicyclic) bond motifs is 1. The van der Waals surface area contributed by atoms with Gasteiger partial charge in [0.05, 0.1) is 5.39 Å². The molecular weight excluding hydrogens is 280 g/mol. The molecule has 2 aromatic rings. The Labute approximate surface area is 103 Å². The van der Waals surface area contributed by atoms with Crippen molar-refractivity contribution in [1.29, 1.82) is 0 Å². The second-order valence-electron chi connectivity index (χ2n) is 3.36. The van der Waals surface area contributed by atoms with Gasteiger partial charge in [-0.2, -0.15) is 0 Å². The molecule has 0 aliphatic carbocycles. The van der Waals surface area contributed by atoms with Crippen LogP contribution in [0.5, 0.6) is 0 Å². The number of hydrogen-bond acceptors (Lipinski definition) is 0. The quantitative estimate of drug-likeness (QED) is 0.301. The third-order valence-corrected chi connectivity index (χ3v) is 2.92. The van der Waals surface area contributed by atoms with E-state index < -0.39 is 55.9 Å². The summed E-state index contributed by atoms with van der Waals surface area (Å²) in [5, 5.41) is -2.68. The van der Waals surface area contributed by atoms with Gasteiger partial charge in [0, 0.05) is 5.39 Å². The van der Waals surface area contributed by atoms with E-state index in [1.54, 1.807) is 0 Å². The van der Waals surface area contributed by atoms with Crippen molar-refractivity contribution in [1.82, 2.24) is 0 Å². The minimum Gasteiger partial charge on any atom is -0.205 e. The summed E-state index contributed by atoms with van der Waals surface area (Å²) in [6, 6.07) is 0. The van der Waals surface area contributed by atoms with Crippen molar-refractivity contribution in [2.24, 2.45) is 0 Å². The first-order chi connectivity index (χ1) is 8.29. The zero-order valence-electron chi connectivity index (χ0n) is 8.22. The van der Waals surface area contributed by atoms with Crippen LogP contribution in [-0.2, 0) is 0 Å². The summed E-state index contributed by atoms with van der Waals surface area (Å²) in [7, 11) is 0. The molecule has 8 heteroatoms. The Morgan fingerprint density at radius 3 is 1.22 bits per heavy atom. The van der Waals surface area contributed by atoms with Crippen molar-refractivity contribution in [3.63, 3.8) is 0 Å². The Balaban J connectivity index is 3.22. The van der Waals surface area contributed by atoms with Crippen LogP contribution in [0.25, 0.3) is 10.8 Å². The highest BCUT2D eigenvalue weighted by atomic mass is 27.0. The molecule has 2 radical (unpaired) electrons. The highest BCUT2D eigenvalue weighted by Gasteiger charge is 2.27.